The molecule has 1 amide bonds. The summed E-state index contributed by atoms with van der Waals surface area (Å²) in [5.41, 5.74) is 5.59. The quantitative estimate of drug-likeness (QED) is 0.509. The van der Waals surface area contributed by atoms with Crippen LogP contribution in [-0.2, 0) is 9.59 Å². The molecule has 0 bridgehead atoms. The van der Waals surface area contributed by atoms with Gasteiger partial charge in [-0.2, -0.15) is 0 Å². The van der Waals surface area contributed by atoms with Gasteiger partial charge in [-0.15, -0.1) is 0 Å². The second kappa shape index (κ2) is 5.43. The molecule has 0 aliphatic carbocycles. The lowest BCUT2D eigenvalue weighted by molar-refractivity contribution is -0.297. The van der Waals surface area contributed by atoms with E-state index in [9.17, 15) is 14.7 Å². The van der Waals surface area contributed by atoms with Crippen molar-refractivity contribution in [3.05, 3.63) is 42.5 Å². The fourth-order valence-electron chi connectivity index (χ4n) is 0.841. The van der Waals surface area contributed by atoms with E-state index in [1.165, 1.54) is 0 Å². The van der Waals surface area contributed by atoms with E-state index < -0.39 is 11.9 Å². The number of rotatable bonds is 4. The molecule has 1 aromatic rings. The Kier molecular flexibility index (Phi) is 3.91. The summed E-state index contributed by atoms with van der Waals surface area (Å²) in [4.78, 5) is 20.9. The molecule has 78 valence electrons. The number of benzene rings is 1. The predicted molar refractivity (Wildman–Crippen MR) is 52.4 cm³/mol. The second-order valence-corrected chi connectivity index (χ2v) is 2.63. The summed E-state index contributed by atoms with van der Waals surface area (Å²) in [6, 6.07) is 8.94. The lowest BCUT2D eigenvalue weighted by Crippen LogP contribution is -2.28. The topological polar surface area (TPSA) is 81.3 Å². The third-order valence-corrected chi connectivity index (χ3v) is 1.47. The molecule has 15 heavy (non-hydrogen) atoms. The highest BCUT2D eigenvalue weighted by molar-refractivity contribution is 5.93. The van der Waals surface area contributed by atoms with Crippen molar-refractivity contribution in [2.45, 2.75) is 0 Å². The number of carbonyl (C=O) groups excluding carboxylic acids is 2. The lowest BCUT2D eigenvalue weighted by atomic mass is 10.3. The van der Waals surface area contributed by atoms with Crippen LogP contribution in [0.4, 0.5) is 5.69 Å². The van der Waals surface area contributed by atoms with Gasteiger partial charge in [0.25, 0.3) is 5.91 Å². The number of aliphatic carboxylic acids is 1. The molecule has 0 atom stereocenters. The van der Waals surface area contributed by atoms with Gasteiger partial charge in [-0.1, -0.05) is 18.2 Å². The molecule has 0 aliphatic heterocycles. The minimum Gasteiger partial charge on any atom is -0.545 e. The van der Waals surface area contributed by atoms with Crippen molar-refractivity contribution in [3.63, 3.8) is 0 Å². The number of hydrazine groups is 1. The fourth-order valence-corrected chi connectivity index (χ4v) is 0.841. The summed E-state index contributed by atoms with van der Waals surface area (Å²) in [5, 5.41) is 9.98. The van der Waals surface area contributed by atoms with Crippen LogP contribution in [0.1, 0.15) is 0 Å². The van der Waals surface area contributed by atoms with E-state index in [0.717, 1.165) is 6.08 Å². The Labute approximate surface area is 86.4 Å². The molecule has 1 aromatic carbocycles. The first-order chi connectivity index (χ1) is 7.18. The third-order valence-electron chi connectivity index (χ3n) is 1.47. The largest absolute Gasteiger partial charge is 0.545 e. The normalized spacial score (nSPS) is 9.87. The van der Waals surface area contributed by atoms with E-state index in [2.05, 4.69) is 10.9 Å². The van der Waals surface area contributed by atoms with Crippen LogP contribution in [0.25, 0.3) is 0 Å². The van der Waals surface area contributed by atoms with Crippen LogP contribution in [0.15, 0.2) is 42.5 Å². The Hall–Kier alpha value is -2.30. The number of nitrogens with one attached hydrogen (secondary N) is 2. The van der Waals surface area contributed by atoms with E-state index in [-0.39, 0.29) is 0 Å². The number of amides is 1. The van der Waals surface area contributed by atoms with Crippen molar-refractivity contribution in [1.29, 1.82) is 0 Å². The summed E-state index contributed by atoms with van der Waals surface area (Å²) < 4.78 is 0. The molecular weight excluding hydrogens is 196 g/mol. The first kappa shape index (κ1) is 10.8. The molecule has 0 aliphatic rings. The maximum Gasteiger partial charge on any atom is 0.262 e. The Morgan fingerprint density at radius 2 is 1.80 bits per heavy atom. The molecule has 2 N–H and O–H groups in total. The minimum absolute atomic E-state index is 0.567. The number of carbonyl (C=O) groups is 2. The number of hydrogen-bond acceptors (Lipinski definition) is 4. The van der Waals surface area contributed by atoms with Gasteiger partial charge in [0.15, 0.2) is 0 Å². The van der Waals surface area contributed by atoms with Crippen LogP contribution in [-0.4, -0.2) is 11.9 Å². The van der Waals surface area contributed by atoms with Crippen molar-refractivity contribution in [3.8, 4) is 0 Å². The molecule has 0 heterocycles. The van der Waals surface area contributed by atoms with Gasteiger partial charge in [0.1, 0.15) is 0 Å². The van der Waals surface area contributed by atoms with Crippen molar-refractivity contribution in [2.75, 3.05) is 5.43 Å². The monoisotopic (exact) mass is 205 g/mol. The molecular formula is C10H9N2O3-. The summed E-state index contributed by atoms with van der Waals surface area (Å²) >= 11 is 0. The van der Waals surface area contributed by atoms with Crippen LogP contribution in [0.5, 0.6) is 0 Å². The Morgan fingerprint density at radius 1 is 1.13 bits per heavy atom. The number of hydrogen-bond donors (Lipinski definition) is 2. The Morgan fingerprint density at radius 3 is 2.40 bits per heavy atom. The summed E-state index contributed by atoms with van der Waals surface area (Å²) in [6.45, 7) is 0. The smallest absolute Gasteiger partial charge is 0.262 e. The van der Waals surface area contributed by atoms with Crippen LogP contribution in [0, 0.1) is 0 Å². The number of carboxylic acids is 1. The summed E-state index contributed by atoms with van der Waals surface area (Å²) in [5.74, 6) is -1.98. The average Bonchev–Trinajstić information content (AvgIpc) is 2.25. The molecule has 0 fully saturated rings. The average molecular weight is 205 g/mol. The van der Waals surface area contributed by atoms with Crippen LogP contribution in [0.3, 0.4) is 0 Å². The number of para-hydroxylation sites is 1. The van der Waals surface area contributed by atoms with Gasteiger partial charge in [-0.05, 0) is 18.2 Å². The lowest BCUT2D eigenvalue weighted by Gasteiger charge is -2.05. The van der Waals surface area contributed by atoms with Gasteiger partial charge < -0.3 is 9.90 Å². The highest BCUT2D eigenvalue weighted by Gasteiger charge is 1.93. The van der Waals surface area contributed by atoms with Crippen molar-refractivity contribution >= 4 is 17.6 Å². The number of carboxylic acid groups (broad SMARTS) is 1. The van der Waals surface area contributed by atoms with E-state index >= 15 is 0 Å². The molecule has 0 spiro atoms. The molecule has 0 radical (unpaired) electrons. The van der Waals surface area contributed by atoms with Crippen molar-refractivity contribution in [2.24, 2.45) is 0 Å². The van der Waals surface area contributed by atoms with Crippen LogP contribution in [0.2, 0.25) is 0 Å². The molecule has 5 heteroatoms. The van der Waals surface area contributed by atoms with Crippen LogP contribution < -0.4 is 16.0 Å². The molecule has 0 unspecified atom stereocenters. The standard InChI is InChI=1S/C10H10N2O3/c13-9(6-7-10(14)15)12-11-8-4-2-1-3-5-8/h1-7,11H,(H,12,13)(H,14,15)/p-1/b7-6+. The van der Waals surface area contributed by atoms with Gasteiger partial charge in [0, 0.05) is 6.08 Å². The highest BCUT2D eigenvalue weighted by atomic mass is 16.4. The Balaban J connectivity index is 2.38. The van der Waals surface area contributed by atoms with E-state index in [4.69, 9.17) is 0 Å². The zero-order chi connectivity index (χ0) is 11.1. The van der Waals surface area contributed by atoms with Crippen molar-refractivity contribution in [1.82, 2.24) is 5.43 Å². The highest BCUT2D eigenvalue weighted by Crippen LogP contribution is 2.02. The van der Waals surface area contributed by atoms with Gasteiger partial charge >= 0.3 is 0 Å². The minimum atomic E-state index is -1.41. The van der Waals surface area contributed by atoms with E-state index in [0.29, 0.717) is 11.8 Å². The van der Waals surface area contributed by atoms with Gasteiger partial charge in [0.05, 0.1) is 11.7 Å². The summed E-state index contributed by atoms with van der Waals surface area (Å²) in [6.07, 6.45) is 1.52. The van der Waals surface area contributed by atoms with Crippen LogP contribution >= 0.6 is 0 Å². The predicted octanol–water partition coefficient (Wildman–Crippen LogP) is -0.564. The van der Waals surface area contributed by atoms with E-state index in [1.54, 1.807) is 24.3 Å². The van der Waals surface area contributed by atoms with Gasteiger partial charge in [-0.25, -0.2) is 0 Å². The zero-order valence-corrected chi connectivity index (χ0v) is 7.77. The SMILES string of the molecule is O=C([O-])/C=C/C(=O)NNc1ccccc1. The fraction of sp³-hybridized carbons (Fsp3) is 0. The van der Waals surface area contributed by atoms with Crippen molar-refractivity contribution < 1.29 is 14.7 Å². The number of anilines is 1. The molecule has 1 rings (SSSR count). The van der Waals surface area contributed by atoms with Gasteiger partial charge in [0.2, 0.25) is 0 Å². The first-order valence-electron chi connectivity index (χ1n) is 4.18. The van der Waals surface area contributed by atoms with E-state index in [1.807, 2.05) is 6.07 Å². The molecule has 0 aromatic heterocycles. The third kappa shape index (κ3) is 4.47. The molecule has 0 saturated heterocycles. The molecule has 5 nitrogen and oxygen atoms in total. The summed E-state index contributed by atoms with van der Waals surface area (Å²) in [7, 11) is 0. The Bertz CT molecular complexity index is 374. The first-order valence-corrected chi connectivity index (χ1v) is 4.18. The van der Waals surface area contributed by atoms with Gasteiger partial charge in [-0.3, -0.25) is 15.6 Å². The maximum atomic E-state index is 11.0. The zero-order valence-electron chi connectivity index (χ0n) is 7.77. The molecule has 0 saturated carbocycles. The maximum absolute atomic E-state index is 11.0. The second-order valence-electron chi connectivity index (χ2n) is 2.63.